The van der Waals surface area contributed by atoms with E-state index in [4.69, 9.17) is 12.2 Å². The third-order valence-electron chi connectivity index (χ3n) is 3.90. The standard InChI is InChI=1S/C13H22N2O4S3/c1-2-3-6-15(12-5-8-22(18,19)10-12)13(20)14-11-4-7-21(16,17)9-11/h4,7,11-12H,2-3,5-6,8-10H2,1H3,(H,14,20)/t11-,12+/m0/s1. The average molecular weight is 367 g/mol. The second-order valence-corrected chi connectivity index (χ2v) is 10.4. The first kappa shape index (κ1) is 17.7. The lowest BCUT2D eigenvalue weighted by Gasteiger charge is -2.32. The monoisotopic (exact) mass is 366 g/mol. The van der Waals surface area contributed by atoms with Crippen molar-refractivity contribution in [2.24, 2.45) is 0 Å². The van der Waals surface area contributed by atoms with Crippen molar-refractivity contribution in [3.63, 3.8) is 0 Å². The van der Waals surface area contributed by atoms with E-state index in [2.05, 4.69) is 12.2 Å². The molecule has 0 saturated carbocycles. The van der Waals surface area contributed by atoms with Crippen molar-refractivity contribution < 1.29 is 16.8 Å². The molecule has 0 spiro atoms. The lowest BCUT2D eigenvalue weighted by Crippen LogP contribution is -2.50. The van der Waals surface area contributed by atoms with Gasteiger partial charge in [-0.1, -0.05) is 13.3 Å². The van der Waals surface area contributed by atoms with Crippen LogP contribution in [0.25, 0.3) is 0 Å². The van der Waals surface area contributed by atoms with Crippen molar-refractivity contribution in [1.82, 2.24) is 10.2 Å². The normalized spacial score (nSPS) is 28.6. The number of hydrogen-bond acceptors (Lipinski definition) is 5. The average Bonchev–Trinajstić information content (AvgIpc) is 2.92. The fraction of sp³-hybridized carbons (Fsp3) is 0.769. The summed E-state index contributed by atoms with van der Waals surface area (Å²) in [6.45, 7) is 2.75. The van der Waals surface area contributed by atoms with Crippen LogP contribution in [0.15, 0.2) is 11.5 Å². The maximum atomic E-state index is 11.7. The summed E-state index contributed by atoms with van der Waals surface area (Å²) in [5.74, 6) is 0.315. The number of thiocarbonyl (C=S) groups is 1. The van der Waals surface area contributed by atoms with Gasteiger partial charge in [0, 0.05) is 18.0 Å². The van der Waals surface area contributed by atoms with Crippen LogP contribution in [0.2, 0.25) is 0 Å². The summed E-state index contributed by atoms with van der Waals surface area (Å²) in [5, 5.41) is 4.69. The molecule has 2 aliphatic heterocycles. The van der Waals surface area contributed by atoms with Gasteiger partial charge in [0.2, 0.25) is 0 Å². The summed E-state index contributed by atoms with van der Waals surface area (Å²) < 4.78 is 46.3. The first-order valence-electron chi connectivity index (χ1n) is 7.41. The molecule has 9 heteroatoms. The van der Waals surface area contributed by atoms with Gasteiger partial charge in [-0.05, 0) is 31.1 Å². The van der Waals surface area contributed by atoms with Gasteiger partial charge in [-0.3, -0.25) is 0 Å². The van der Waals surface area contributed by atoms with Crippen molar-refractivity contribution in [2.75, 3.05) is 23.8 Å². The van der Waals surface area contributed by atoms with Crippen LogP contribution in [-0.2, 0) is 19.7 Å². The fourth-order valence-electron chi connectivity index (χ4n) is 2.71. The van der Waals surface area contributed by atoms with E-state index in [0.29, 0.717) is 18.1 Å². The van der Waals surface area contributed by atoms with Crippen molar-refractivity contribution in [3.8, 4) is 0 Å². The molecule has 1 saturated heterocycles. The summed E-state index contributed by atoms with van der Waals surface area (Å²) in [5.41, 5.74) is 0. The van der Waals surface area contributed by atoms with Gasteiger partial charge in [-0.2, -0.15) is 0 Å². The molecule has 2 heterocycles. The van der Waals surface area contributed by atoms with Gasteiger partial charge in [0.15, 0.2) is 24.8 Å². The minimum atomic E-state index is -3.14. The van der Waals surface area contributed by atoms with Gasteiger partial charge in [0.25, 0.3) is 0 Å². The Bertz CT molecular complexity index is 655. The molecule has 0 aromatic rings. The molecule has 0 amide bonds. The van der Waals surface area contributed by atoms with E-state index in [-0.39, 0.29) is 29.3 Å². The highest BCUT2D eigenvalue weighted by atomic mass is 32.2. The third kappa shape index (κ3) is 4.66. The highest BCUT2D eigenvalue weighted by molar-refractivity contribution is 7.94. The predicted octanol–water partition coefficient (Wildman–Crippen LogP) is 0.461. The zero-order valence-electron chi connectivity index (χ0n) is 12.6. The first-order chi connectivity index (χ1) is 10.2. The molecule has 0 aromatic carbocycles. The molecule has 1 N–H and O–H groups in total. The Morgan fingerprint density at radius 2 is 2.05 bits per heavy atom. The van der Waals surface area contributed by atoms with Gasteiger partial charge in [-0.25, -0.2) is 16.8 Å². The number of rotatable bonds is 5. The van der Waals surface area contributed by atoms with E-state index in [0.717, 1.165) is 12.8 Å². The van der Waals surface area contributed by atoms with Crippen LogP contribution in [-0.4, -0.2) is 62.7 Å². The predicted molar refractivity (Wildman–Crippen MR) is 91.1 cm³/mol. The molecule has 0 bridgehead atoms. The van der Waals surface area contributed by atoms with Gasteiger partial charge in [0.1, 0.15) is 0 Å². The van der Waals surface area contributed by atoms with Gasteiger partial charge >= 0.3 is 0 Å². The number of nitrogens with one attached hydrogen (secondary N) is 1. The molecule has 0 radical (unpaired) electrons. The van der Waals surface area contributed by atoms with Crippen LogP contribution in [0.1, 0.15) is 26.2 Å². The Labute approximate surface area is 137 Å². The van der Waals surface area contributed by atoms with Gasteiger partial charge < -0.3 is 10.2 Å². The quantitative estimate of drug-likeness (QED) is 0.708. The minimum Gasteiger partial charge on any atom is -0.355 e. The molecule has 0 aromatic heterocycles. The Hall–Kier alpha value is -0.670. The molecule has 2 rings (SSSR count). The molecule has 2 atom stereocenters. The van der Waals surface area contributed by atoms with Crippen molar-refractivity contribution in [2.45, 2.75) is 38.3 Å². The smallest absolute Gasteiger partial charge is 0.173 e. The van der Waals surface area contributed by atoms with Crippen LogP contribution in [0, 0.1) is 0 Å². The molecule has 6 nitrogen and oxygen atoms in total. The molecule has 0 unspecified atom stereocenters. The van der Waals surface area contributed by atoms with E-state index in [1.165, 1.54) is 5.41 Å². The highest BCUT2D eigenvalue weighted by Gasteiger charge is 2.34. The summed E-state index contributed by atoms with van der Waals surface area (Å²) in [6, 6.07) is -0.446. The van der Waals surface area contributed by atoms with Crippen LogP contribution in [0.4, 0.5) is 0 Å². The van der Waals surface area contributed by atoms with Crippen molar-refractivity contribution in [1.29, 1.82) is 0 Å². The minimum absolute atomic E-state index is 0.00226. The molecule has 2 aliphatic rings. The van der Waals surface area contributed by atoms with Crippen molar-refractivity contribution in [3.05, 3.63) is 11.5 Å². The number of sulfone groups is 2. The van der Waals surface area contributed by atoms with Crippen LogP contribution >= 0.6 is 12.2 Å². The van der Waals surface area contributed by atoms with Gasteiger partial charge in [0.05, 0.1) is 23.3 Å². The Morgan fingerprint density at radius 1 is 1.32 bits per heavy atom. The highest BCUT2D eigenvalue weighted by Crippen LogP contribution is 2.19. The van der Waals surface area contributed by atoms with E-state index < -0.39 is 19.7 Å². The second-order valence-electron chi connectivity index (χ2n) is 5.82. The van der Waals surface area contributed by atoms with Crippen LogP contribution in [0.5, 0.6) is 0 Å². The van der Waals surface area contributed by atoms with E-state index in [1.54, 1.807) is 6.08 Å². The summed E-state index contributed by atoms with van der Waals surface area (Å²) >= 11 is 5.40. The lowest BCUT2D eigenvalue weighted by atomic mass is 10.2. The van der Waals surface area contributed by atoms with Crippen molar-refractivity contribution >= 4 is 37.0 Å². The topological polar surface area (TPSA) is 83.6 Å². The number of hydrogen-bond donors (Lipinski definition) is 1. The third-order valence-corrected chi connectivity index (χ3v) is 7.40. The largest absolute Gasteiger partial charge is 0.355 e. The molecule has 0 aliphatic carbocycles. The maximum Gasteiger partial charge on any atom is 0.173 e. The number of unbranched alkanes of at least 4 members (excludes halogenated alkanes) is 1. The molecular weight excluding hydrogens is 344 g/mol. The Balaban J connectivity index is 2.02. The zero-order valence-corrected chi connectivity index (χ0v) is 15.0. The van der Waals surface area contributed by atoms with Gasteiger partial charge in [-0.15, -0.1) is 0 Å². The van der Waals surface area contributed by atoms with E-state index in [1.807, 2.05) is 4.90 Å². The van der Waals surface area contributed by atoms with Crippen LogP contribution < -0.4 is 5.32 Å². The summed E-state index contributed by atoms with van der Waals surface area (Å²) in [7, 11) is -6.12. The first-order valence-corrected chi connectivity index (χ1v) is 11.4. The maximum absolute atomic E-state index is 11.7. The zero-order chi connectivity index (χ0) is 16.4. The van der Waals surface area contributed by atoms with E-state index in [9.17, 15) is 16.8 Å². The Morgan fingerprint density at radius 3 is 2.55 bits per heavy atom. The summed E-state index contributed by atoms with van der Waals surface area (Å²) in [6.07, 6.45) is 4.06. The fourth-order valence-corrected chi connectivity index (χ4v) is 6.06. The number of nitrogens with zero attached hydrogens (tertiary/aromatic N) is 1. The SMILES string of the molecule is CCCCN(C(=S)N[C@H]1C=CS(=O)(=O)C1)[C@@H]1CCS(=O)(=O)C1. The second kappa shape index (κ2) is 6.84. The lowest BCUT2D eigenvalue weighted by molar-refractivity contribution is 0.323. The van der Waals surface area contributed by atoms with Crippen LogP contribution in [0.3, 0.4) is 0 Å². The molecule has 126 valence electrons. The van der Waals surface area contributed by atoms with E-state index >= 15 is 0 Å². The molecule has 1 fully saturated rings. The Kier molecular flexibility index (Phi) is 5.50. The molecular formula is C13H22N2O4S3. The molecule has 22 heavy (non-hydrogen) atoms. The summed E-state index contributed by atoms with van der Waals surface area (Å²) in [4.78, 5) is 1.92.